The number of benzene rings is 1. The average Bonchev–Trinajstić information content (AvgIpc) is 2.88. The minimum atomic E-state index is -4.65. The molecule has 134 valence electrons. The van der Waals surface area contributed by atoms with Crippen molar-refractivity contribution in [3.63, 3.8) is 0 Å². The van der Waals surface area contributed by atoms with Crippen molar-refractivity contribution in [3.05, 3.63) is 24.3 Å². The van der Waals surface area contributed by atoms with Crippen LogP contribution in [0.3, 0.4) is 0 Å². The van der Waals surface area contributed by atoms with Crippen LogP contribution < -0.4 is 9.64 Å². The van der Waals surface area contributed by atoms with Crippen LogP contribution >= 0.6 is 0 Å². The van der Waals surface area contributed by atoms with Crippen molar-refractivity contribution in [1.29, 1.82) is 0 Å². The zero-order valence-electron chi connectivity index (χ0n) is 13.0. The molecule has 1 amide bonds. The van der Waals surface area contributed by atoms with E-state index in [9.17, 15) is 18.0 Å². The lowest BCUT2D eigenvalue weighted by atomic mass is 10.2. The number of ether oxygens (including phenoxy) is 3. The molecule has 2 rings (SSSR count). The maximum absolute atomic E-state index is 12.2. The number of halogens is 3. The van der Waals surface area contributed by atoms with Gasteiger partial charge in [0.15, 0.2) is 6.10 Å². The molecule has 0 aromatic heterocycles. The first-order valence-corrected chi connectivity index (χ1v) is 7.26. The SMILES string of the molecule is COC[C@@H]1CN(c2ccc(OCC[C@@H](O)C(F)(F)F)cc2)C(=O)O1. The van der Waals surface area contributed by atoms with Crippen molar-refractivity contribution in [1.82, 2.24) is 0 Å². The number of methoxy groups -OCH3 is 1. The van der Waals surface area contributed by atoms with E-state index in [1.165, 1.54) is 24.1 Å². The summed E-state index contributed by atoms with van der Waals surface area (Å²) in [7, 11) is 1.51. The first-order chi connectivity index (χ1) is 11.3. The first-order valence-electron chi connectivity index (χ1n) is 7.26. The fourth-order valence-electron chi connectivity index (χ4n) is 2.18. The average molecular weight is 349 g/mol. The molecule has 0 saturated carbocycles. The number of amides is 1. The van der Waals surface area contributed by atoms with Crippen molar-refractivity contribution >= 4 is 11.8 Å². The van der Waals surface area contributed by atoms with Gasteiger partial charge in [0.05, 0.1) is 19.8 Å². The van der Waals surface area contributed by atoms with Gasteiger partial charge in [0, 0.05) is 19.2 Å². The van der Waals surface area contributed by atoms with Crippen molar-refractivity contribution in [3.8, 4) is 5.75 Å². The number of rotatable bonds is 7. The largest absolute Gasteiger partial charge is 0.493 e. The van der Waals surface area contributed by atoms with Gasteiger partial charge in [0.25, 0.3) is 0 Å². The Kier molecular flexibility index (Phi) is 5.89. The molecule has 6 nitrogen and oxygen atoms in total. The minimum Gasteiger partial charge on any atom is -0.493 e. The highest BCUT2D eigenvalue weighted by Crippen LogP contribution is 2.25. The third-order valence-corrected chi connectivity index (χ3v) is 3.41. The number of anilines is 1. The predicted octanol–water partition coefficient (Wildman–Crippen LogP) is 2.35. The molecule has 9 heteroatoms. The van der Waals surface area contributed by atoms with Gasteiger partial charge in [-0.2, -0.15) is 13.2 Å². The van der Waals surface area contributed by atoms with E-state index >= 15 is 0 Å². The molecule has 0 aliphatic carbocycles. The van der Waals surface area contributed by atoms with Crippen molar-refractivity contribution in [2.75, 3.05) is 31.8 Å². The Morgan fingerprint density at radius 1 is 1.38 bits per heavy atom. The highest BCUT2D eigenvalue weighted by molar-refractivity contribution is 5.89. The number of carbonyl (C=O) groups excluding carboxylic acids is 1. The number of hydrogen-bond acceptors (Lipinski definition) is 5. The monoisotopic (exact) mass is 349 g/mol. The summed E-state index contributed by atoms with van der Waals surface area (Å²) in [5.74, 6) is 0.342. The van der Waals surface area contributed by atoms with Crippen LogP contribution in [0.2, 0.25) is 0 Å². The molecule has 1 aliphatic rings. The summed E-state index contributed by atoms with van der Waals surface area (Å²) >= 11 is 0. The highest BCUT2D eigenvalue weighted by Gasteiger charge is 2.37. The lowest BCUT2D eigenvalue weighted by Crippen LogP contribution is -2.30. The van der Waals surface area contributed by atoms with Crippen molar-refractivity contribution < 1.29 is 37.3 Å². The molecule has 2 atom stereocenters. The van der Waals surface area contributed by atoms with E-state index in [-0.39, 0.29) is 12.7 Å². The van der Waals surface area contributed by atoms with Crippen LogP contribution in [0.15, 0.2) is 24.3 Å². The van der Waals surface area contributed by atoms with Gasteiger partial charge < -0.3 is 19.3 Å². The molecule has 0 radical (unpaired) electrons. The van der Waals surface area contributed by atoms with Crippen molar-refractivity contribution in [2.45, 2.75) is 24.8 Å². The van der Waals surface area contributed by atoms with E-state index in [0.717, 1.165) is 0 Å². The Bertz CT molecular complexity index is 549. The topological polar surface area (TPSA) is 68.2 Å². The number of nitrogens with zero attached hydrogens (tertiary/aromatic N) is 1. The van der Waals surface area contributed by atoms with Crippen LogP contribution in [-0.4, -0.2) is 56.5 Å². The van der Waals surface area contributed by atoms with Crippen LogP contribution in [0.25, 0.3) is 0 Å². The number of hydrogen-bond donors (Lipinski definition) is 1. The summed E-state index contributed by atoms with van der Waals surface area (Å²) in [6.07, 6.45) is -8.44. The number of alkyl halides is 3. The molecule has 1 aromatic carbocycles. The Labute approximate surface area is 136 Å². The minimum absolute atomic E-state index is 0.276. The number of cyclic esters (lactones) is 1. The fraction of sp³-hybridized carbons (Fsp3) is 0.533. The number of aliphatic hydroxyl groups excluding tert-OH is 1. The summed E-state index contributed by atoms with van der Waals surface area (Å²) in [6.45, 7) is 0.372. The lowest BCUT2D eigenvalue weighted by molar-refractivity contribution is -0.206. The molecular weight excluding hydrogens is 331 g/mol. The van der Waals surface area contributed by atoms with Gasteiger partial charge in [-0.1, -0.05) is 0 Å². The predicted molar refractivity (Wildman–Crippen MR) is 78.1 cm³/mol. The molecule has 1 saturated heterocycles. The van der Waals surface area contributed by atoms with E-state index in [2.05, 4.69) is 0 Å². The second-order valence-corrected chi connectivity index (χ2v) is 5.26. The Balaban J connectivity index is 1.86. The van der Waals surface area contributed by atoms with Gasteiger partial charge in [-0.05, 0) is 24.3 Å². The normalized spacial score (nSPS) is 19.3. The molecule has 0 spiro atoms. The summed E-state index contributed by atoms with van der Waals surface area (Å²) in [4.78, 5) is 13.2. The Hall–Kier alpha value is -2.00. The summed E-state index contributed by atoms with van der Waals surface area (Å²) in [5.41, 5.74) is 0.585. The molecule has 1 fully saturated rings. The van der Waals surface area contributed by atoms with Gasteiger partial charge in [0.2, 0.25) is 0 Å². The van der Waals surface area contributed by atoms with Gasteiger partial charge >= 0.3 is 12.3 Å². The van der Waals surface area contributed by atoms with E-state index in [1.54, 1.807) is 12.1 Å². The summed E-state index contributed by atoms with van der Waals surface area (Å²) in [5, 5.41) is 8.88. The van der Waals surface area contributed by atoms with Crippen LogP contribution in [0.1, 0.15) is 6.42 Å². The zero-order chi connectivity index (χ0) is 17.7. The second-order valence-electron chi connectivity index (χ2n) is 5.26. The quantitative estimate of drug-likeness (QED) is 0.818. The zero-order valence-corrected chi connectivity index (χ0v) is 13.0. The molecule has 1 aliphatic heterocycles. The number of carbonyl (C=O) groups is 1. The molecule has 0 unspecified atom stereocenters. The third kappa shape index (κ3) is 4.75. The summed E-state index contributed by atoms with van der Waals surface area (Å²) in [6, 6.07) is 6.27. The van der Waals surface area contributed by atoms with E-state index in [4.69, 9.17) is 19.3 Å². The fourth-order valence-corrected chi connectivity index (χ4v) is 2.18. The molecular formula is C15H18F3NO5. The molecule has 24 heavy (non-hydrogen) atoms. The van der Waals surface area contributed by atoms with Gasteiger partial charge in [0.1, 0.15) is 11.9 Å². The molecule has 0 bridgehead atoms. The van der Waals surface area contributed by atoms with Crippen LogP contribution in [0.5, 0.6) is 5.75 Å². The molecule has 1 N–H and O–H groups in total. The number of aliphatic hydroxyl groups is 1. The maximum Gasteiger partial charge on any atom is 0.414 e. The summed E-state index contributed by atoms with van der Waals surface area (Å²) < 4.78 is 51.7. The standard InChI is InChI=1S/C15H18F3NO5/c1-22-9-12-8-19(14(21)24-12)10-2-4-11(5-3-10)23-7-6-13(20)15(16,17)18/h2-5,12-13,20H,6-9H2,1H3/t12-,13+/m0/s1. The molecule has 1 aromatic rings. The second kappa shape index (κ2) is 7.71. The van der Waals surface area contributed by atoms with Gasteiger partial charge in [-0.15, -0.1) is 0 Å². The Morgan fingerprint density at radius 3 is 2.62 bits per heavy atom. The maximum atomic E-state index is 12.2. The van der Waals surface area contributed by atoms with Gasteiger partial charge in [-0.25, -0.2) is 4.79 Å². The van der Waals surface area contributed by atoms with Crippen molar-refractivity contribution in [2.24, 2.45) is 0 Å². The van der Waals surface area contributed by atoms with E-state index in [1.807, 2.05) is 0 Å². The smallest absolute Gasteiger partial charge is 0.414 e. The Morgan fingerprint density at radius 2 is 2.04 bits per heavy atom. The van der Waals surface area contributed by atoms with Crippen LogP contribution in [-0.2, 0) is 9.47 Å². The van der Waals surface area contributed by atoms with E-state index in [0.29, 0.717) is 24.6 Å². The molecule has 1 heterocycles. The first kappa shape index (κ1) is 18.3. The van der Waals surface area contributed by atoms with Gasteiger partial charge in [-0.3, -0.25) is 4.90 Å². The van der Waals surface area contributed by atoms with Crippen LogP contribution in [0.4, 0.5) is 23.7 Å². The third-order valence-electron chi connectivity index (χ3n) is 3.41. The lowest BCUT2D eigenvalue weighted by Gasteiger charge is -2.16. The highest BCUT2D eigenvalue weighted by atomic mass is 19.4. The van der Waals surface area contributed by atoms with E-state index < -0.39 is 24.8 Å². The van der Waals surface area contributed by atoms with Crippen LogP contribution in [0, 0.1) is 0 Å².